The second kappa shape index (κ2) is 5.72. The molecule has 0 saturated heterocycles. The average Bonchev–Trinajstić information content (AvgIpc) is 2.17. The second-order valence-corrected chi connectivity index (χ2v) is 5.19. The molecule has 0 bridgehead atoms. The van der Waals surface area contributed by atoms with Gasteiger partial charge in [0.1, 0.15) is 0 Å². The van der Waals surface area contributed by atoms with Crippen LogP contribution in [0.4, 0.5) is 0 Å². The van der Waals surface area contributed by atoms with E-state index in [9.17, 15) is 0 Å². The Hall–Kier alpha value is -0.0800. The normalized spacial score (nSPS) is 13.3. The first-order valence-electron chi connectivity index (χ1n) is 5.88. The summed E-state index contributed by atoms with van der Waals surface area (Å²) in [6.45, 7) is 13.1. The van der Waals surface area contributed by atoms with Crippen LogP contribution in [0.5, 0.6) is 0 Å². The Bertz CT molecular complexity index is 148. The number of rotatable bonds is 7. The zero-order valence-electron chi connectivity index (χ0n) is 10.6. The first-order valence-corrected chi connectivity index (χ1v) is 5.88. The molecule has 0 atom stereocenters. The molecule has 0 aromatic rings. The van der Waals surface area contributed by atoms with E-state index in [1.165, 1.54) is 6.42 Å². The van der Waals surface area contributed by atoms with Gasteiger partial charge in [0.2, 0.25) is 0 Å². The van der Waals surface area contributed by atoms with E-state index in [1.807, 2.05) is 0 Å². The van der Waals surface area contributed by atoms with E-state index in [0.717, 1.165) is 25.9 Å². The van der Waals surface area contributed by atoms with E-state index in [-0.39, 0.29) is 5.54 Å². The molecule has 0 aliphatic rings. The topological polar surface area (TPSA) is 38.0 Å². The molecule has 0 amide bonds. The minimum Gasteiger partial charge on any atom is -0.324 e. The lowest BCUT2D eigenvalue weighted by atomic mass is 9.89. The zero-order chi connectivity index (χ0) is 11.2. The maximum Gasteiger partial charge on any atom is 0.0275 e. The molecule has 3 N–H and O–H groups in total. The highest BCUT2D eigenvalue weighted by Gasteiger charge is 2.21. The quantitative estimate of drug-likeness (QED) is 0.663. The van der Waals surface area contributed by atoms with Crippen molar-refractivity contribution in [2.75, 3.05) is 13.1 Å². The number of hydrogen-bond acceptors (Lipinski definition) is 2. The van der Waals surface area contributed by atoms with Crippen molar-refractivity contribution in [1.82, 2.24) is 5.32 Å². The van der Waals surface area contributed by atoms with E-state index in [2.05, 4.69) is 39.9 Å². The minimum atomic E-state index is -0.0101. The second-order valence-electron chi connectivity index (χ2n) is 5.19. The first kappa shape index (κ1) is 13.9. The van der Waals surface area contributed by atoms with Gasteiger partial charge in [0.25, 0.3) is 0 Å². The van der Waals surface area contributed by atoms with Gasteiger partial charge < -0.3 is 11.1 Å². The van der Waals surface area contributed by atoms with Gasteiger partial charge >= 0.3 is 0 Å². The van der Waals surface area contributed by atoms with Gasteiger partial charge in [0, 0.05) is 18.6 Å². The summed E-state index contributed by atoms with van der Waals surface area (Å²) in [7, 11) is 0. The van der Waals surface area contributed by atoms with Crippen molar-refractivity contribution in [1.29, 1.82) is 0 Å². The Balaban J connectivity index is 3.83. The average molecular weight is 200 g/mol. The molecule has 0 spiro atoms. The van der Waals surface area contributed by atoms with Crippen molar-refractivity contribution < 1.29 is 0 Å². The van der Waals surface area contributed by atoms with Crippen molar-refractivity contribution in [3.8, 4) is 0 Å². The van der Waals surface area contributed by atoms with E-state index in [4.69, 9.17) is 5.73 Å². The number of hydrogen-bond donors (Lipinski definition) is 2. The molecule has 0 heterocycles. The van der Waals surface area contributed by atoms with Crippen LogP contribution < -0.4 is 11.1 Å². The van der Waals surface area contributed by atoms with Gasteiger partial charge in [-0.1, -0.05) is 34.6 Å². The minimum absolute atomic E-state index is 0.0101. The summed E-state index contributed by atoms with van der Waals surface area (Å²) in [5.74, 6) is 0. The third kappa shape index (κ3) is 4.97. The van der Waals surface area contributed by atoms with Crippen LogP contribution in [0, 0.1) is 5.41 Å². The van der Waals surface area contributed by atoms with Crippen molar-refractivity contribution in [2.45, 2.75) is 59.4 Å². The summed E-state index contributed by atoms with van der Waals surface area (Å²) in [6, 6.07) is 0. The Morgan fingerprint density at radius 3 is 1.79 bits per heavy atom. The molecule has 0 aromatic heterocycles. The molecule has 86 valence electrons. The van der Waals surface area contributed by atoms with Crippen LogP contribution >= 0.6 is 0 Å². The maximum atomic E-state index is 6.20. The van der Waals surface area contributed by atoms with E-state index in [1.54, 1.807) is 0 Å². The lowest BCUT2D eigenvalue weighted by Crippen LogP contribution is -2.49. The monoisotopic (exact) mass is 200 g/mol. The fourth-order valence-electron chi connectivity index (χ4n) is 1.27. The van der Waals surface area contributed by atoms with Gasteiger partial charge in [-0.15, -0.1) is 0 Å². The van der Waals surface area contributed by atoms with E-state index < -0.39 is 0 Å². The summed E-state index contributed by atoms with van der Waals surface area (Å²) < 4.78 is 0. The lowest BCUT2D eigenvalue weighted by Gasteiger charge is -2.30. The molecule has 0 fully saturated rings. The van der Waals surface area contributed by atoms with Crippen molar-refractivity contribution in [3.63, 3.8) is 0 Å². The summed E-state index contributed by atoms with van der Waals surface area (Å²) >= 11 is 0. The fraction of sp³-hybridized carbons (Fsp3) is 1.00. The van der Waals surface area contributed by atoms with E-state index in [0.29, 0.717) is 5.41 Å². The number of nitrogens with one attached hydrogen (secondary N) is 1. The lowest BCUT2D eigenvalue weighted by molar-refractivity contribution is 0.295. The highest BCUT2D eigenvalue weighted by Crippen LogP contribution is 2.18. The first-order chi connectivity index (χ1) is 6.39. The van der Waals surface area contributed by atoms with Crippen molar-refractivity contribution >= 4 is 0 Å². The molecular formula is C12H28N2. The Kier molecular flexibility index (Phi) is 5.68. The molecule has 0 unspecified atom stereocenters. The third-order valence-corrected chi connectivity index (χ3v) is 3.45. The van der Waals surface area contributed by atoms with Crippen LogP contribution in [0.3, 0.4) is 0 Å². The van der Waals surface area contributed by atoms with E-state index >= 15 is 0 Å². The van der Waals surface area contributed by atoms with Gasteiger partial charge in [-0.05, 0) is 24.7 Å². The van der Waals surface area contributed by atoms with Gasteiger partial charge in [-0.2, -0.15) is 0 Å². The molecule has 2 heteroatoms. The SMILES string of the molecule is CCC(C)(C)CNCC(N)(CC)CC. The van der Waals surface area contributed by atoms with Gasteiger partial charge in [0.15, 0.2) is 0 Å². The molecule has 0 radical (unpaired) electrons. The van der Waals surface area contributed by atoms with Crippen molar-refractivity contribution in [2.24, 2.45) is 11.1 Å². The summed E-state index contributed by atoms with van der Waals surface area (Å²) in [5.41, 5.74) is 6.59. The van der Waals surface area contributed by atoms with Crippen LogP contribution in [0.25, 0.3) is 0 Å². The summed E-state index contributed by atoms with van der Waals surface area (Å²) in [4.78, 5) is 0. The molecule has 0 rings (SSSR count). The van der Waals surface area contributed by atoms with Gasteiger partial charge in [0.05, 0.1) is 0 Å². The fourth-order valence-corrected chi connectivity index (χ4v) is 1.27. The predicted molar refractivity (Wildman–Crippen MR) is 64.4 cm³/mol. The van der Waals surface area contributed by atoms with Crippen molar-refractivity contribution in [3.05, 3.63) is 0 Å². The summed E-state index contributed by atoms with van der Waals surface area (Å²) in [5, 5.41) is 3.49. The largest absolute Gasteiger partial charge is 0.324 e. The van der Waals surface area contributed by atoms with Crippen LogP contribution in [-0.2, 0) is 0 Å². The number of nitrogens with two attached hydrogens (primary N) is 1. The van der Waals surface area contributed by atoms with Crippen LogP contribution in [-0.4, -0.2) is 18.6 Å². The highest BCUT2D eigenvalue weighted by molar-refractivity contribution is 4.84. The highest BCUT2D eigenvalue weighted by atomic mass is 14.9. The molecule has 0 aliphatic carbocycles. The Labute approximate surface area is 89.6 Å². The smallest absolute Gasteiger partial charge is 0.0275 e. The predicted octanol–water partition coefficient (Wildman–Crippen LogP) is 2.53. The Morgan fingerprint density at radius 2 is 1.43 bits per heavy atom. The molecule has 0 aromatic carbocycles. The summed E-state index contributed by atoms with van der Waals surface area (Å²) in [6.07, 6.45) is 3.29. The molecular weight excluding hydrogens is 172 g/mol. The zero-order valence-corrected chi connectivity index (χ0v) is 10.6. The molecule has 14 heavy (non-hydrogen) atoms. The van der Waals surface area contributed by atoms with Crippen LogP contribution in [0.1, 0.15) is 53.9 Å². The van der Waals surface area contributed by atoms with Crippen LogP contribution in [0.15, 0.2) is 0 Å². The van der Waals surface area contributed by atoms with Gasteiger partial charge in [-0.25, -0.2) is 0 Å². The third-order valence-electron chi connectivity index (χ3n) is 3.45. The molecule has 2 nitrogen and oxygen atoms in total. The standard InChI is InChI=1S/C12H28N2/c1-6-11(4,5)9-14-10-12(13,7-2)8-3/h14H,6-10,13H2,1-5H3. The maximum absolute atomic E-state index is 6.20. The van der Waals surface area contributed by atoms with Crippen LogP contribution in [0.2, 0.25) is 0 Å². The molecule has 0 aliphatic heterocycles. The molecule has 0 saturated carbocycles. The Morgan fingerprint density at radius 1 is 0.929 bits per heavy atom. The van der Waals surface area contributed by atoms with Gasteiger partial charge in [-0.3, -0.25) is 0 Å².